The molecule has 1 heterocycles. The maximum Gasteiger partial charge on any atom is 0.281 e. The Bertz CT molecular complexity index is 720. The van der Waals surface area contributed by atoms with Gasteiger partial charge in [-0.2, -0.15) is 17.4 Å². The molecule has 8 nitrogen and oxygen atoms in total. The molecule has 1 fully saturated rings. The molecule has 0 saturated carbocycles. The van der Waals surface area contributed by atoms with Crippen molar-refractivity contribution in [1.29, 1.82) is 0 Å². The van der Waals surface area contributed by atoms with Crippen molar-refractivity contribution in [2.45, 2.75) is 31.8 Å². The van der Waals surface area contributed by atoms with Crippen LogP contribution in [0, 0.1) is 0 Å². The van der Waals surface area contributed by atoms with Gasteiger partial charge in [0.15, 0.2) is 5.66 Å². The molecular weight excluding hydrogens is 378 g/mol. The lowest BCUT2D eigenvalue weighted by atomic mass is 10.0. The van der Waals surface area contributed by atoms with Crippen molar-refractivity contribution in [3.63, 3.8) is 0 Å². The van der Waals surface area contributed by atoms with Crippen LogP contribution < -0.4 is 21.1 Å². The molecule has 10 heteroatoms. The van der Waals surface area contributed by atoms with E-state index in [1.807, 2.05) is 19.1 Å². The smallest absolute Gasteiger partial charge is 0.281 e. The Labute approximate surface area is 159 Å². The number of hydrogen-bond donors (Lipinski definition) is 3. The second-order valence-electron chi connectivity index (χ2n) is 6.41. The van der Waals surface area contributed by atoms with Crippen LogP contribution >= 0.6 is 11.6 Å². The first-order valence-corrected chi connectivity index (χ1v) is 10.4. The van der Waals surface area contributed by atoms with Crippen LogP contribution in [-0.4, -0.2) is 50.5 Å². The number of nitrogens with one attached hydrogen (secondary N) is 1. The van der Waals surface area contributed by atoms with Crippen LogP contribution in [0.3, 0.4) is 0 Å². The second kappa shape index (κ2) is 8.53. The maximum atomic E-state index is 12.6. The predicted molar refractivity (Wildman–Crippen MR) is 103 cm³/mol. The fraction of sp³-hybridized carbons (Fsp3) is 0.562. The molecule has 1 atom stereocenters. The summed E-state index contributed by atoms with van der Waals surface area (Å²) in [6.45, 7) is 3.52. The molecule has 1 aromatic rings. The fourth-order valence-electron chi connectivity index (χ4n) is 2.81. The van der Waals surface area contributed by atoms with Crippen LogP contribution in [-0.2, 0) is 15.0 Å². The highest BCUT2D eigenvalue weighted by atomic mass is 35.5. The van der Waals surface area contributed by atoms with E-state index >= 15 is 0 Å². The normalized spacial score (nSPS) is 18.5. The molecule has 146 valence electrons. The minimum Gasteiger partial charge on any atom is -0.369 e. The third-order valence-corrected chi connectivity index (χ3v) is 6.36. The summed E-state index contributed by atoms with van der Waals surface area (Å²) in [5.74, 6) is -0.880. The number of benzene rings is 1. The van der Waals surface area contributed by atoms with E-state index in [4.69, 9.17) is 23.1 Å². The number of carbonyl (C=O) groups is 1. The van der Waals surface area contributed by atoms with E-state index in [0.717, 1.165) is 12.1 Å². The minimum absolute atomic E-state index is 0.156. The van der Waals surface area contributed by atoms with Gasteiger partial charge in [-0.3, -0.25) is 4.79 Å². The summed E-state index contributed by atoms with van der Waals surface area (Å²) in [4.78, 5) is 13.8. The number of carbonyl (C=O) groups excluding carboxylic acids is 1. The summed E-state index contributed by atoms with van der Waals surface area (Å²) in [7, 11) is -3.92. The number of halogens is 1. The van der Waals surface area contributed by atoms with E-state index in [9.17, 15) is 13.2 Å². The zero-order valence-electron chi connectivity index (χ0n) is 14.8. The van der Waals surface area contributed by atoms with Crippen molar-refractivity contribution in [3.8, 4) is 0 Å². The molecule has 0 spiro atoms. The highest BCUT2D eigenvalue weighted by Gasteiger charge is 2.39. The van der Waals surface area contributed by atoms with Crippen LogP contribution in [0.15, 0.2) is 24.3 Å². The molecule has 2 rings (SSSR count). The summed E-state index contributed by atoms with van der Waals surface area (Å²) in [6.07, 6.45) is 1.52. The van der Waals surface area contributed by atoms with Gasteiger partial charge in [0.05, 0.1) is 0 Å². The highest BCUT2D eigenvalue weighted by molar-refractivity contribution is 7.87. The van der Waals surface area contributed by atoms with Crippen LogP contribution in [0.5, 0.6) is 0 Å². The number of unbranched alkanes of at least 4 members (excludes halogenated alkanes) is 1. The summed E-state index contributed by atoms with van der Waals surface area (Å²) >= 11 is 5.89. The Morgan fingerprint density at radius 3 is 2.31 bits per heavy atom. The van der Waals surface area contributed by atoms with Crippen LogP contribution in [0.25, 0.3) is 0 Å². The average Bonchev–Trinajstić information content (AvgIpc) is 2.60. The molecular formula is C16H26ClN5O3S. The number of amides is 1. The number of anilines is 1. The lowest BCUT2D eigenvalue weighted by Crippen LogP contribution is -2.67. The molecule has 1 aliphatic rings. The number of piperazine rings is 1. The van der Waals surface area contributed by atoms with Crippen molar-refractivity contribution in [1.82, 2.24) is 9.03 Å². The van der Waals surface area contributed by atoms with Gasteiger partial charge >= 0.3 is 0 Å². The number of nitrogens with two attached hydrogens (primary N) is 2. The van der Waals surface area contributed by atoms with Crippen molar-refractivity contribution < 1.29 is 13.2 Å². The monoisotopic (exact) mass is 403 g/mol. The van der Waals surface area contributed by atoms with E-state index in [0.29, 0.717) is 24.5 Å². The lowest BCUT2D eigenvalue weighted by Gasteiger charge is -2.37. The SMILES string of the molecule is CCCC[C@@](N)(NS(=O)(=O)N1CCN(c2ccc(Cl)cc2)CC1)C(N)=O. The standard InChI is InChI=1S/C16H26ClN5O3S/c1-2-3-8-16(19,15(18)23)20-26(24,25)22-11-9-21(10-12-22)14-6-4-13(17)5-7-14/h4-7,20H,2-3,8-12,19H2,1H3,(H2,18,23)/t16-/m1/s1. The van der Waals surface area contributed by atoms with E-state index in [2.05, 4.69) is 9.62 Å². The van der Waals surface area contributed by atoms with Gasteiger partial charge < -0.3 is 16.4 Å². The molecule has 0 aromatic heterocycles. The molecule has 0 aliphatic carbocycles. The molecule has 1 amide bonds. The fourth-order valence-corrected chi connectivity index (χ4v) is 4.38. The Hall–Kier alpha value is -1.39. The summed E-state index contributed by atoms with van der Waals surface area (Å²) in [5, 5.41) is 0.650. The molecule has 0 bridgehead atoms. The van der Waals surface area contributed by atoms with Crippen molar-refractivity contribution >= 4 is 33.4 Å². The molecule has 0 unspecified atom stereocenters. The van der Waals surface area contributed by atoms with E-state index < -0.39 is 21.8 Å². The molecule has 1 aliphatic heterocycles. The van der Waals surface area contributed by atoms with E-state index in [1.54, 1.807) is 12.1 Å². The zero-order valence-corrected chi connectivity index (χ0v) is 16.4. The van der Waals surface area contributed by atoms with Gasteiger partial charge in [0.1, 0.15) is 0 Å². The van der Waals surface area contributed by atoms with Crippen LogP contribution in [0.4, 0.5) is 5.69 Å². The van der Waals surface area contributed by atoms with Gasteiger partial charge in [-0.25, -0.2) is 0 Å². The zero-order chi connectivity index (χ0) is 19.4. The van der Waals surface area contributed by atoms with Gasteiger partial charge in [0.2, 0.25) is 0 Å². The van der Waals surface area contributed by atoms with Crippen molar-refractivity contribution in [3.05, 3.63) is 29.3 Å². The number of primary amides is 1. The van der Waals surface area contributed by atoms with Crippen LogP contribution in [0.1, 0.15) is 26.2 Å². The number of rotatable bonds is 8. The first kappa shape index (κ1) is 20.9. The minimum atomic E-state index is -3.92. The van der Waals surface area contributed by atoms with Gasteiger partial charge in [0, 0.05) is 36.9 Å². The van der Waals surface area contributed by atoms with Crippen LogP contribution in [0.2, 0.25) is 5.02 Å². The Morgan fingerprint density at radius 1 is 1.23 bits per heavy atom. The van der Waals surface area contributed by atoms with Crippen molar-refractivity contribution in [2.75, 3.05) is 31.1 Å². The first-order chi connectivity index (χ1) is 12.2. The lowest BCUT2D eigenvalue weighted by molar-refractivity contribution is -0.123. The third kappa shape index (κ3) is 5.08. The molecule has 1 saturated heterocycles. The number of hydrogen-bond acceptors (Lipinski definition) is 5. The topological polar surface area (TPSA) is 122 Å². The molecule has 5 N–H and O–H groups in total. The Kier molecular flexibility index (Phi) is 6.86. The van der Waals surface area contributed by atoms with Gasteiger partial charge in [-0.05, 0) is 37.1 Å². The third-order valence-electron chi connectivity index (χ3n) is 4.45. The summed E-state index contributed by atoms with van der Waals surface area (Å²) < 4.78 is 28.9. The van der Waals surface area contributed by atoms with Gasteiger partial charge in [0.25, 0.3) is 16.1 Å². The van der Waals surface area contributed by atoms with E-state index in [1.165, 1.54) is 4.31 Å². The Balaban J connectivity index is 2.02. The second-order valence-corrected chi connectivity index (χ2v) is 8.52. The summed E-state index contributed by atoms with van der Waals surface area (Å²) in [6, 6.07) is 7.39. The van der Waals surface area contributed by atoms with Crippen molar-refractivity contribution in [2.24, 2.45) is 11.5 Å². The number of nitrogens with zero attached hydrogens (tertiary/aromatic N) is 2. The average molecular weight is 404 g/mol. The molecule has 0 radical (unpaired) electrons. The maximum absolute atomic E-state index is 12.6. The predicted octanol–water partition coefficient (Wildman–Crippen LogP) is 0.627. The highest BCUT2D eigenvalue weighted by Crippen LogP contribution is 2.20. The Morgan fingerprint density at radius 2 is 1.81 bits per heavy atom. The molecule has 1 aromatic carbocycles. The first-order valence-electron chi connectivity index (χ1n) is 8.56. The van der Waals surface area contributed by atoms with E-state index in [-0.39, 0.29) is 19.5 Å². The molecule has 26 heavy (non-hydrogen) atoms. The quantitative estimate of drug-likeness (QED) is 0.549. The van der Waals surface area contributed by atoms with Gasteiger partial charge in [-0.15, -0.1) is 0 Å². The largest absolute Gasteiger partial charge is 0.369 e. The summed E-state index contributed by atoms with van der Waals surface area (Å²) in [5.41, 5.74) is 10.5. The van der Waals surface area contributed by atoms with Gasteiger partial charge in [-0.1, -0.05) is 24.9 Å².